The molecule has 0 radical (unpaired) electrons. The maximum Gasteiger partial charge on any atom is 0.191 e. The number of carbonyl (C=O) groups is 1. The Morgan fingerprint density at radius 2 is 2.00 bits per heavy atom. The van der Waals surface area contributed by atoms with Gasteiger partial charge in [-0.15, -0.1) is 0 Å². The van der Waals surface area contributed by atoms with Gasteiger partial charge < -0.3 is 10.1 Å². The van der Waals surface area contributed by atoms with E-state index in [2.05, 4.69) is 12.2 Å². The first kappa shape index (κ1) is 13.3. The third-order valence-electron chi connectivity index (χ3n) is 2.17. The Morgan fingerprint density at radius 1 is 1.29 bits per heavy atom. The topological polar surface area (TPSA) is 38.3 Å². The Labute approximate surface area is 102 Å². The van der Waals surface area contributed by atoms with Crippen molar-refractivity contribution >= 4 is 5.78 Å². The van der Waals surface area contributed by atoms with Gasteiger partial charge in [0.25, 0.3) is 0 Å². The van der Waals surface area contributed by atoms with Crippen LogP contribution in [-0.2, 0) is 4.74 Å². The third-order valence-corrected chi connectivity index (χ3v) is 2.17. The Balaban J connectivity index is 2.72. The number of allylic oxidation sites excluding steroid dienone is 1. The van der Waals surface area contributed by atoms with Crippen molar-refractivity contribution in [2.45, 2.75) is 20.3 Å². The molecular weight excluding hydrogens is 214 g/mol. The summed E-state index contributed by atoms with van der Waals surface area (Å²) >= 11 is 0. The minimum absolute atomic E-state index is 0.0438. The average molecular weight is 233 g/mol. The zero-order valence-electron chi connectivity index (χ0n) is 10.4. The van der Waals surface area contributed by atoms with Crippen LogP contribution in [0.15, 0.2) is 42.3 Å². The van der Waals surface area contributed by atoms with Crippen LogP contribution >= 0.6 is 0 Å². The quantitative estimate of drug-likeness (QED) is 0.447. The molecule has 0 atom stereocenters. The Bertz CT molecular complexity index is 371. The highest BCUT2D eigenvalue weighted by Crippen LogP contribution is 2.03. The van der Waals surface area contributed by atoms with E-state index in [1.54, 1.807) is 12.1 Å². The molecule has 0 aromatic heterocycles. The summed E-state index contributed by atoms with van der Waals surface area (Å²) < 4.78 is 5.37. The second-order valence-electron chi connectivity index (χ2n) is 3.60. The molecule has 0 heterocycles. The molecule has 17 heavy (non-hydrogen) atoms. The largest absolute Gasteiger partial charge is 0.479 e. The van der Waals surface area contributed by atoms with Crippen molar-refractivity contribution in [2.75, 3.05) is 13.2 Å². The lowest BCUT2D eigenvalue weighted by Gasteiger charge is -2.10. The summed E-state index contributed by atoms with van der Waals surface area (Å²) in [6, 6.07) is 9.17. The van der Waals surface area contributed by atoms with Gasteiger partial charge in [-0.3, -0.25) is 4.79 Å². The van der Waals surface area contributed by atoms with Crippen molar-refractivity contribution < 1.29 is 9.53 Å². The second-order valence-corrected chi connectivity index (χ2v) is 3.60. The fourth-order valence-electron chi connectivity index (χ4n) is 1.35. The maximum absolute atomic E-state index is 11.9. The van der Waals surface area contributed by atoms with Gasteiger partial charge in [0, 0.05) is 18.2 Å². The first-order valence-corrected chi connectivity index (χ1v) is 5.95. The number of ketones is 1. The summed E-state index contributed by atoms with van der Waals surface area (Å²) in [6.07, 6.45) is 2.50. The van der Waals surface area contributed by atoms with Crippen LogP contribution < -0.4 is 5.32 Å². The minimum Gasteiger partial charge on any atom is -0.479 e. The molecule has 0 amide bonds. The van der Waals surface area contributed by atoms with E-state index in [9.17, 15) is 4.79 Å². The van der Waals surface area contributed by atoms with Gasteiger partial charge in [-0.05, 0) is 13.3 Å². The van der Waals surface area contributed by atoms with Gasteiger partial charge >= 0.3 is 0 Å². The standard InChI is InChI=1S/C14H19NO2/c1-3-10-15-14(17-4-2)11-13(16)12-8-6-5-7-9-12/h5-9,11,15H,3-4,10H2,1-2H3/b14-11-. The van der Waals surface area contributed by atoms with Crippen LogP contribution in [0.5, 0.6) is 0 Å². The molecule has 0 saturated carbocycles. The number of nitrogens with one attached hydrogen (secondary N) is 1. The van der Waals surface area contributed by atoms with Crippen LogP contribution in [0.2, 0.25) is 0 Å². The molecule has 3 nitrogen and oxygen atoms in total. The van der Waals surface area contributed by atoms with E-state index in [4.69, 9.17) is 4.74 Å². The second kappa shape index (κ2) is 7.49. The van der Waals surface area contributed by atoms with Gasteiger partial charge in [-0.2, -0.15) is 0 Å². The molecule has 0 aliphatic carbocycles. The van der Waals surface area contributed by atoms with Gasteiger partial charge in [0.2, 0.25) is 0 Å². The minimum atomic E-state index is -0.0438. The lowest BCUT2D eigenvalue weighted by atomic mass is 10.1. The van der Waals surface area contributed by atoms with Crippen molar-refractivity contribution in [3.63, 3.8) is 0 Å². The summed E-state index contributed by atoms with van der Waals surface area (Å²) in [6.45, 7) is 5.31. The highest BCUT2D eigenvalue weighted by Gasteiger charge is 2.04. The highest BCUT2D eigenvalue weighted by atomic mass is 16.5. The first-order chi connectivity index (χ1) is 8.27. The first-order valence-electron chi connectivity index (χ1n) is 5.95. The summed E-state index contributed by atoms with van der Waals surface area (Å²) in [5.41, 5.74) is 0.669. The van der Waals surface area contributed by atoms with E-state index in [0.29, 0.717) is 18.1 Å². The van der Waals surface area contributed by atoms with Crippen LogP contribution in [0.3, 0.4) is 0 Å². The zero-order valence-corrected chi connectivity index (χ0v) is 10.4. The summed E-state index contributed by atoms with van der Waals surface area (Å²) in [5, 5.41) is 3.09. The van der Waals surface area contributed by atoms with E-state index in [-0.39, 0.29) is 5.78 Å². The van der Waals surface area contributed by atoms with E-state index in [1.807, 2.05) is 25.1 Å². The van der Waals surface area contributed by atoms with Crippen LogP contribution in [0.25, 0.3) is 0 Å². The molecule has 92 valence electrons. The van der Waals surface area contributed by atoms with Crippen molar-refractivity contribution in [3.05, 3.63) is 47.9 Å². The third kappa shape index (κ3) is 4.72. The summed E-state index contributed by atoms with van der Waals surface area (Å²) in [4.78, 5) is 11.9. The molecular formula is C14H19NO2. The van der Waals surface area contributed by atoms with E-state index < -0.39 is 0 Å². The number of ether oxygens (including phenoxy) is 1. The molecule has 1 aromatic carbocycles. The van der Waals surface area contributed by atoms with E-state index >= 15 is 0 Å². The number of rotatable bonds is 7. The molecule has 3 heteroatoms. The number of benzene rings is 1. The molecule has 0 fully saturated rings. The van der Waals surface area contributed by atoms with Gasteiger partial charge in [0.05, 0.1) is 6.61 Å². The van der Waals surface area contributed by atoms with Crippen LogP contribution in [0, 0.1) is 0 Å². The Morgan fingerprint density at radius 3 is 2.59 bits per heavy atom. The zero-order chi connectivity index (χ0) is 12.5. The van der Waals surface area contributed by atoms with Crippen LogP contribution in [0.4, 0.5) is 0 Å². The van der Waals surface area contributed by atoms with Crippen molar-refractivity contribution in [1.29, 1.82) is 0 Å². The van der Waals surface area contributed by atoms with Crippen molar-refractivity contribution in [1.82, 2.24) is 5.32 Å². The SMILES string of the molecule is CCCN/C(=C/C(=O)c1ccccc1)OCC. The number of hydrogen-bond donors (Lipinski definition) is 1. The van der Waals surface area contributed by atoms with E-state index in [0.717, 1.165) is 13.0 Å². The van der Waals surface area contributed by atoms with Crippen molar-refractivity contribution in [2.24, 2.45) is 0 Å². The lowest BCUT2D eigenvalue weighted by Crippen LogP contribution is -2.18. The normalized spacial score (nSPS) is 11.1. The molecule has 0 unspecified atom stereocenters. The number of hydrogen-bond acceptors (Lipinski definition) is 3. The Hall–Kier alpha value is -1.77. The Kier molecular flexibility index (Phi) is 5.86. The van der Waals surface area contributed by atoms with Gasteiger partial charge in [0.1, 0.15) is 0 Å². The predicted octanol–water partition coefficient (Wildman–Crippen LogP) is 2.75. The molecule has 0 aliphatic rings. The fourth-order valence-corrected chi connectivity index (χ4v) is 1.35. The molecule has 0 spiro atoms. The van der Waals surface area contributed by atoms with Gasteiger partial charge in [0.15, 0.2) is 11.7 Å². The lowest BCUT2D eigenvalue weighted by molar-refractivity contribution is 0.103. The maximum atomic E-state index is 11.9. The van der Waals surface area contributed by atoms with E-state index in [1.165, 1.54) is 6.08 Å². The molecule has 0 aliphatic heterocycles. The molecule has 0 saturated heterocycles. The molecule has 1 rings (SSSR count). The summed E-state index contributed by atoms with van der Waals surface area (Å²) in [7, 11) is 0. The molecule has 1 aromatic rings. The van der Waals surface area contributed by atoms with Crippen LogP contribution in [-0.4, -0.2) is 18.9 Å². The predicted molar refractivity (Wildman–Crippen MR) is 68.8 cm³/mol. The highest BCUT2D eigenvalue weighted by molar-refractivity contribution is 6.04. The van der Waals surface area contributed by atoms with Crippen LogP contribution in [0.1, 0.15) is 30.6 Å². The van der Waals surface area contributed by atoms with Crippen molar-refractivity contribution in [3.8, 4) is 0 Å². The van der Waals surface area contributed by atoms with Gasteiger partial charge in [-0.1, -0.05) is 37.3 Å². The molecule has 0 bridgehead atoms. The fraction of sp³-hybridized carbons (Fsp3) is 0.357. The molecule has 1 N–H and O–H groups in total. The smallest absolute Gasteiger partial charge is 0.191 e. The monoisotopic (exact) mass is 233 g/mol. The average Bonchev–Trinajstić information content (AvgIpc) is 2.37. The summed E-state index contributed by atoms with van der Waals surface area (Å²) in [5.74, 6) is 0.501. The van der Waals surface area contributed by atoms with Gasteiger partial charge in [-0.25, -0.2) is 0 Å². The number of carbonyl (C=O) groups excluding carboxylic acids is 1.